The number of unbranched alkanes of at least 4 members (excludes halogenated alkanes) is 8. The molecule has 0 heteroatoms. The third-order valence-corrected chi connectivity index (χ3v) is 3.71. The summed E-state index contributed by atoms with van der Waals surface area (Å²) in [5, 5.41) is 0. The van der Waals surface area contributed by atoms with Crippen LogP contribution in [-0.2, 0) is 0 Å². The molecule has 0 amide bonds. The van der Waals surface area contributed by atoms with Crippen molar-refractivity contribution in [2.45, 2.75) is 110 Å². The van der Waals surface area contributed by atoms with E-state index in [9.17, 15) is 0 Å². The van der Waals surface area contributed by atoms with E-state index < -0.39 is 0 Å². The van der Waals surface area contributed by atoms with Gasteiger partial charge in [0.15, 0.2) is 0 Å². The molecule has 0 aliphatic heterocycles. The minimum absolute atomic E-state index is 1.37. The Labute approximate surface area is 111 Å². The SMILES string of the molecule is C1CCCCC1.CCCCCCCCCCC. The second kappa shape index (κ2) is 16.0. The van der Waals surface area contributed by atoms with E-state index in [2.05, 4.69) is 13.8 Å². The van der Waals surface area contributed by atoms with Gasteiger partial charge < -0.3 is 0 Å². The standard InChI is InChI=1S/C11H24.C6H12/c1-3-5-7-9-11-10-8-6-4-2;1-2-4-6-5-3-1/h3-11H2,1-2H3;1-6H2. The summed E-state index contributed by atoms with van der Waals surface area (Å²) in [6.45, 7) is 4.55. The van der Waals surface area contributed by atoms with Crippen molar-refractivity contribution in [2.75, 3.05) is 0 Å². The third-order valence-electron chi connectivity index (χ3n) is 3.71. The van der Waals surface area contributed by atoms with Crippen LogP contribution in [0.2, 0.25) is 0 Å². The highest BCUT2D eigenvalue weighted by Crippen LogP contribution is 2.15. The van der Waals surface area contributed by atoms with Crippen molar-refractivity contribution in [2.24, 2.45) is 0 Å². The van der Waals surface area contributed by atoms with Gasteiger partial charge in [-0.2, -0.15) is 0 Å². The Hall–Kier alpha value is 0. The summed E-state index contributed by atoms with van der Waals surface area (Å²) in [6, 6.07) is 0. The molecule has 0 aromatic carbocycles. The molecular weight excluding hydrogens is 204 g/mol. The van der Waals surface area contributed by atoms with Crippen molar-refractivity contribution in [1.29, 1.82) is 0 Å². The van der Waals surface area contributed by atoms with E-state index in [-0.39, 0.29) is 0 Å². The number of rotatable bonds is 8. The molecule has 104 valence electrons. The predicted octanol–water partition coefficient (Wildman–Crippen LogP) is 6.88. The Kier molecular flexibility index (Phi) is 16.0. The molecular formula is C17H36. The molecule has 0 spiro atoms. The molecule has 1 fully saturated rings. The van der Waals surface area contributed by atoms with Crippen molar-refractivity contribution in [3.63, 3.8) is 0 Å². The van der Waals surface area contributed by atoms with Crippen LogP contribution in [0.4, 0.5) is 0 Å². The molecule has 0 aromatic heterocycles. The first-order chi connectivity index (χ1) is 8.41. The van der Waals surface area contributed by atoms with E-state index in [0.29, 0.717) is 0 Å². The van der Waals surface area contributed by atoms with Gasteiger partial charge in [0.25, 0.3) is 0 Å². The lowest BCUT2D eigenvalue weighted by Gasteiger charge is -2.05. The first kappa shape index (κ1) is 17.0. The number of hydrogen-bond acceptors (Lipinski definition) is 0. The molecule has 0 unspecified atom stereocenters. The molecule has 0 N–H and O–H groups in total. The fraction of sp³-hybridized carbons (Fsp3) is 1.00. The van der Waals surface area contributed by atoms with Gasteiger partial charge in [0, 0.05) is 0 Å². The minimum Gasteiger partial charge on any atom is -0.0654 e. The average Bonchev–Trinajstić information content (AvgIpc) is 2.41. The van der Waals surface area contributed by atoms with E-state index in [1.165, 1.54) is 96.3 Å². The fourth-order valence-corrected chi connectivity index (χ4v) is 2.44. The monoisotopic (exact) mass is 240 g/mol. The molecule has 0 atom stereocenters. The molecule has 1 saturated carbocycles. The predicted molar refractivity (Wildman–Crippen MR) is 80.6 cm³/mol. The van der Waals surface area contributed by atoms with Gasteiger partial charge in [-0.05, 0) is 0 Å². The summed E-state index contributed by atoms with van der Waals surface area (Å²) in [7, 11) is 0. The van der Waals surface area contributed by atoms with E-state index in [1.807, 2.05) is 0 Å². The fourth-order valence-electron chi connectivity index (χ4n) is 2.44. The van der Waals surface area contributed by atoms with Crippen LogP contribution in [-0.4, -0.2) is 0 Å². The number of hydrogen-bond donors (Lipinski definition) is 0. The summed E-state index contributed by atoms with van der Waals surface area (Å²) >= 11 is 0. The van der Waals surface area contributed by atoms with Crippen LogP contribution >= 0.6 is 0 Å². The van der Waals surface area contributed by atoms with Gasteiger partial charge in [0.2, 0.25) is 0 Å². The van der Waals surface area contributed by atoms with Gasteiger partial charge in [0.1, 0.15) is 0 Å². The Balaban J connectivity index is 0.000000354. The lowest BCUT2D eigenvalue weighted by Crippen LogP contribution is -1.85. The zero-order valence-corrected chi connectivity index (χ0v) is 12.6. The Morgan fingerprint density at radius 3 is 0.882 bits per heavy atom. The molecule has 0 bridgehead atoms. The summed E-state index contributed by atoms with van der Waals surface area (Å²) < 4.78 is 0. The largest absolute Gasteiger partial charge is 0.0654 e. The third kappa shape index (κ3) is 16.0. The van der Waals surface area contributed by atoms with Crippen LogP contribution in [0.5, 0.6) is 0 Å². The maximum absolute atomic E-state index is 2.27. The van der Waals surface area contributed by atoms with Crippen molar-refractivity contribution in [3.8, 4) is 0 Å². The second-order valence-corrected chi connectivity index (χ2v) is 5.60. The van der Waals surface area contributed by atoms with Crippen LogP contribution < -0.4 is 0 Å². The first-order valence-corrected chi connectivity index (χ1v) is 8.41. The van der Waals surface area contributed by atoms with Gasteiger partial charge in [-0.1, -0.05) is 110 Å². The molecule has 0 radical (unpaired) electrons. The molecule has 1 rings (SSSR count). The normalized spacial score (nSPS) is 15.2. The van der Waals surface area contributed by atoms with Gasteiger partial charge in [-0.25, -0.2) is 0 Å². The quantitative estimate of drug-likeness (QED) is 0.406. The molecule has 1 aliphatic rings. The van der Waals surface area contributed by atoms with E-state index in [1.54, 1.807) is 0 Å². The van der Waals surface area contributed by atoms with Gasteiger partial charge >= 0.3 is 0 Å². The zero-order valence-electron chi connectivity index (χ0n) is 12.6. The van der Waals surface area contributed by atoms with Crippen LogP contribution in [0.15, 0.2) is 0 Å². The topological polar surface area (TPSA) is 0 Å². The highest BCUT2D eigenvalue weighted by Gasteiger charge is 1.95. The van der Waals surface area contributed by atoms with E-state index in [4.69, 9.17) is 0 Å². The van der Waals surface area contributed by atoms with Crippen LogP contribution in [0.3, 0.4) is 0 Å². The zero-order chi connectivity index (χ0) is 12.6. The van der Waals surface area contributed by atoms with Crippen molar-refractivity contribution >= 4 is 0 Å². The minimum atomic E-state index is 1.37. The summed E-state index contributed by atoms with van der Waals surface area (Å²) in [5.41, 5.74) is 0. The smallest absolute Gasteiger partial charge is 0.0533 e. The van der Waals surface area contributed by atoms with Crippen LogP contribution in [0.25, 0.3) is 0 Å². The van der Waals surface area contributed by atoms with E-state index >= 15 is 0 Å². The summed E-state index contributed by atoms with van der Waals surface area (Å²) in [4.78, 5) is 0. The van der Waals surface area contributed by atoms with Crippen molar-refractivity contribution < 1.29 is 0 Å². The Morgan fingerprint density at radius 2 is 0.647 bits per heavy atom. The highest BCUT2D eigenvalue weighted by molar-refractivity contribution is 4.51. The lowest BCUT2D eigenvalue weighted by molar-refractivity contribution is 0.504. The molecule has 0 aromatic rings. The van der Waals surface area contributed by atoms with Crippen LogP contribution in [0, 0.1) is 0 Å². The first-order valence-electron chi connectivity index (χ1n) is 8.41. The van der Waals surface area contributed by atoms with Crippen molar-refractivity contribution in [3.05, 3.63) is 0 Å². The Bertz CT molecular complexity index is 93.7. The van der Waals surface area contributed by atoms with Gasteiger partial charge in [-0.3, -0.25) is 0 Å². The van der Waals surface area contributed by atoms with Gasteiger partial charge in [-0.15, -0.1) is 0 Å². The summed E-state index contributed by atoms with van der Waals surface area (Å²) in [5.74, 6) is 0. The van der Waals surface area contributed by atoms with Gasteiger partial charge in [0.05, 0.1) is 0 Å². The van der Waals surface area contributed by atoms with E-state index in [0.717, 1.165) is 0 Å². The molecule has 0 nitrogen and oxygen atoms in total. The molecule has 0 heterocycles. The summed E-state index contributed by atoms with van der Waals surface area (Å²) in [6.07, 6.45) is 22.0. The van der Waals surface area contributed by atoms with Crippen molar-refractivity contribution in [1.82, 2.24) is 0 Å². The van der Waals surface area contributed by atoms with Crippen LogP contribution in [0.1, 0.15) is 110 Å². The molecule has 0 saturated heterocycles. The Morgan fingerprint density at radius 1 is 0.412 bits per heavy atom. The lowest BCUT2D eigenvalue weighted by atomic mass is 10.0. The highest BCUT2D eigenvalue weighted by atomic mass is 14.0. The average molecular weight is 240 g/mol. The second-order valence-electron chi connectivity index (χ2n) is 5.60. The maximum atomic E-state index is 2.27. The maximum Gasteiger partial charge on any atom is -0.0533 e. The molecule has 1 aliphatic carbocycles. The molecule has 17 heavy (non-hydrogen) atoms.